The Morgan fingerprint density at radius 3 is 2.16 bits per heavy atom. The molecular formula is C20H16N2O3. The molecule has 0 unspecified atom stereocenters. The zero-order valence-electron chi connectivity index (χ0n) is 13.3. The fourth-order valence-electron chi connectivity index (χ4n) is 2.59. The van der Waals surface area contributed by atoms with Gasteiger partial charge in [-0.3, -0.25) is 14.9 Å². The smallest absolute Gasteiger partial charge is 0.271 e. The number of nitrogens with zero attached hydrogens (tertiary/aromatic N) is 1. The van der Waals surface area contributed by atoms with Crippen molar-refractivity contribution in [3.63, 3.8) is 0 Å². The minimum atomic E-state index is -0.634. The Kier molecular flexibility index (Phi) is 4.85. The maximum absolute atomic E-state index is 13.0. The van der Waals surface area contributed by atoms with Crippen LogP contribution in [0.2, 0.25) is 0 Å². The van der Waals surface area contributed by atoms with Crippen LogP contribution < -0.4 is 5.32 Å². The molecule has 0 spiro atoms. The van der Waals surface area contributed by atoms with Gasteiger partial charge < -0.3 is 5.32 Å². The highest BCUT2D eigenvalue weighted by Gasteiger charge is 2.22. The summed E-state index contributed by atoms with van der Waals surface area (Å²) in [5.74, 6) is -0.0988. The maximum atomic E-state index is 13.0. The Labute approximate surface area is 145 Å². The van der Waals surface area contributed by atoms with E-state index >= 15 is 0 Å². The number of rotatable bonds is 6. The summed E-state index contributed by atoms with van der Waals surface area (Å²) in [5, 5.41) is 14.1. The molecule has 0 saturated heterocycles. The lowest BCUT2D eigenvalue weighted by Gasteiger charge is -2.19. The summed E-state index contributed by atoms with van der Waals surface area (Å²) in [4.78, 5) is 23.5. The third-order valence-corrected chi connectivity index (χ3v) is 3.82. The van der Waals surface area contributed by atoms with E-state index in [0.29, 0.717) is 11.3 Å². The Morgan fingerprint density at radius 1 is 0.880 bits per heavy atom. The SMILES string of the molecule is O=C(c1ccccc1)[C@@H](Nc1cccc([N+](=O)[O-])c1)c1ccccc1. The van der Waals surface area contributed by atoms with Crippen LogP contribution in [0.4, 0.5) is 11.4 Å². The molecule has 124 valence electrons. The van der Waals surface area contributed by atoms with E-state index in [1.165, 1.54) is 12.1 Å². The zero-order chi connectivity index (χ0) is 17.6. The van der Waals surface area contributed by atoms with E-state index in [1.807, 2.05) is 48.5 Å². The van der Waals surface area contributed by atoms with Crippen molar-refractivity contribution in [3.05, 3.63) is 106 Å². The van der Waals surface area contributed by atoms with E-state index in [0.717, 1.165) is 5.56 Å². The number of carbonyl (C=O) groups excluding carboxylic acids is 1. The molecule has 0 aliphatic rings. The number of hydrogen-bond acceptors (Lipinski definition) is 4. The Hall–Kier alpha value is -3.47. The monoisotopic (exact) mass is 332 g/mol. The normalized spacial score (nSPS) is 11.5. The van der Waals surface area contributed by atoms with Gasteiger partial charge in [-0.25, -0.2) is 0 Å². The molecule has 0 aromatic heterocycles. The molecule has 25 heavy (non-hydrogen) atoms. The fourth-order valence-corrected chi connectivity index (χ4v) is 2.59. The highest BCUT2D eigenvalue weighted by molar-refractivity contribution is 6.02. The lowest BCUT2D eigenvalue weighted by Crippen LogP contribution is -2.21. The lowest BCUT2D eigenvalue weighted by molar-refractivity contribution is -0.384. The topological polar surface area (TPSA) is 72.2 Å². The van der Waals surface area contributed by atoms with Crippen molar-refractivity contribution in [2.75, 3.05) is 5.32 Å². The van der Waals surface area contributed by atoms with Gasteiger partial charge in [0, 0.05) is 23.4 Å². The van der Waals surface area contributed by atoms with E-state index in [2.05, 4.69) is 5.32 Å². The van der Waals surface area contributed by atoms with Gasteiger partial charge in [-0.15, -0.1) is 0 Å². The standard InChI is InChI=1S/C20H16N2O3/c23-20(16-10-5-2-6-11-16)19(15-8-3-1-4-9-15)21-17-12-7-13-18(14-17)22(24)25/h1-14,19,21H/t19-/m0/s1. The molecular weight excluding hydrogens is 316 g/mol. The quantitative estimate of drug-likeness (QED) is 0.406. The van der Waals surface area contributed by atoms with Gasteiger partial charge in [0.25, 0.3) is 5.69 Å². The highest BCUT2D eigenvalue weighted by atomic mass is 16.6. The molecule has 0 amide bonds. The number of non-ortho nitro benzene ring substituents is 1. The van der Waals surface area contributed by atoms with Crippen molar-refractivity contribution in [1.82, 2.24) is 0 Å². The second-order valence-corrected chi connectivity index (χ2v) is 5.53. The highest BCUT2D eigenvalue weighted by Crippen LogP contribution is 2.26. The van der Waals surface area contributed by atoms with E-state index in [1.54, 1.807) is 24.3 Å². The average molecular weight is 332 g/mol. The molecule has 1 atom stereocenters. The molecule has 3 aromatic carbocycles. The molecule has 0 radical (unpaired) electrons. The van der Waals surface area contributed by atoms with Crippen LogP contribution in [0, 0.1) is 10.1 Å². The second kappa shape index (κ2) is 7.40. The summed E-state index contributed by atoms with van der Waals surface area (Å²) >= 11 is 0. The van der Waals surface area contributed by atoms with Crippen LogP contribution in [-0.2, 0) is 0 Å². The molecule has 3 aromatic rings. The molecule has 5 heteroatoms. The first-order valence-corrected chi connectivity index (χ1v) is 7.80. The molecule has 0 aliphatic heterocycles. The molecule has 0 fully saturated rings. The van der Waals surface area contributed by atoms with Gasteiger partial charge in [-0.05, 0) is 11.6 Å². The molecule has 5 nitrogen and oxygen atoms in total. The van der Waals surface area contributed by atoms with Gasteiger partial charge in [0.05, 0.1) is 4.92 Å². The predicted octanol–water partition coefficient (Wildman–Crippen LogP) is 4.63. The summed E-state index contributed by atoms with van der Waals surface area (Å²) in [6, 6.07) is 23.8. The van der Waals surface area contributed by atoms with Crippen molar-refractivity contribution in [3.8, 4) is 0 Å². The van der Waals surface area contributed by atoms with Crippen molar-refractivity contribution >= 4 is 17.2 Å². The third-order valence-electron chi connectivity index (χ3n) is 3.82. The van der Waals surface area contributed by atoms with E-state index < -0.39 is 11.0 Å². The van der Waals surface area contributed by atoms with Crippen LogP contribution >= 0.6 is 0 Å². The number of hydrogen-bond donors (Lipinski definition) is 1. The first-order chi connectivity index (χ1) is 12.1. The molecule has 0 bridgehead atoms. The number of nitrogens with one attached hydrogen (secondary N) is 1. The Balaban J connectivity index is 1.96. The van der Waals surface area contributed by atoms with Gasteiger partial charge in [0.15, 0.2) is 5.78 Å². The minimum absolute atomic E-state index is 0.0241. The molecule has 1 N–H and O–H groups in total. The number of nitro groups is 1. The minimum Gasteiger partial charge on any atom is -0.371 e. The number of anilines is 1. The largest absolute Gasteiger partial charge is 0.371 e. The van der Waals surface area contributed by atoms with Crippen molar-refractivity contribution < 1.29 is 9.72 Å². The number of benzene rings is 3. The van der Waals surface area contributed by atoms with Gasteiger partial charge in [-0.2, -0.15) is 0 Å². The van der Waals surface area contributed by atoms with Crippen LogP contribution in [-0.4, -0.2) is 10.7 Å². The van der Waals surface area contributed by atoms with Gasteiger partial charge in [0.1, 0.15) is 6.04 Å². The van der Waals surface area contributed by atoms with E-state index in [4.69, 9.17) is 0 Å². The van der Waals surface area contributed by atoms with E-state index in [9.17, 15) is 14.9 Å². The van der Waals surface area contributed by atoms with Crippen LogP contribution in [0.1, 0.15) is 22.0 Å². The van der Waals surface area contributed by atoms with Crippen molar-refractivity contribution in [2.45, 2.75) is 6.04 Å². The lowest BCUT2D eigenvalue weighted by atomic mass is 9.97. The van der Waals surface area contributed by atoms with Crippen LogP contribution in [0.5, 0.6) is 0 Å². The summed E-state index contributed by atoms with van der Waals surface area (Å²) in [7, 11) is 0. The van der Waals surface area contributed by atoms with Gasteiger partial charge >= 0.3 is 0 Å². The van der Waals surface area contributed by atoms with Crippen molar-refractivity contribution in [2.24, 2.45) is 0 Å². The summed E-state index contributed by atoms with van der Waals surface area (Å²) in [6.07, 6.45) is 0. The number of nitro benzene ring substituents is 1. The van der Waals surface area contributed by atoms with Crippen molar-refractivity contribution in [1.29, 1.82) is 0 Å². The third kappa shape index (κ3) is 3.90. The summed E-state index contributed by atoms with van der Waals surface area (Å²) in [6.45, 7) is 0. The summed E-state index contributed by atoms with van der Waals surface area (Å²) < 4.78 is 0. The molecule has 0 aliphatic carbocycles. The average Bonchev–Trinajstić information content (AvgIpc) is 2.67. The first-order valence-electron chi connectivity index (χ1n) is 7.80. The zero-order valence-corrected chi connectivity index (χ0v) is 13.3. The molecule has 3 rings (SSSR count). The maximum Gasteiger partial charge on any atom is 0.271 e. The van der Waals surface area contributed by atoms with Gasteiger partial charge in [0.2, 0.25) is 0 Å². The Morgan fingerprint density at radius 2 is 1.52 bits per heavy atom. The molecule has 0 heterocycles. The molecule has 0 saturated carbocycles. The summed E-state index contributed by atoms with van der Waals surface area (Å²) in [5.41, 5.74) is 1.87. The van der Waals surface area contributed by atoms with E-state index in [-0.39, 0.29) is 11.5 Å². The van der Waals surface area contributed by atoms with Crippen LogP contribution in [0.15, 0.2) is 84.9 Å². The predicted molar refractivity (Wildman–Crippen MR) is 96.7 cm³/mol. The Bertz CT molecular complexity index is 880. The number of Topliss-reactive ketones (excluding diaryl/α,β-unsaturated/α-hetero) is 1. The number of ketones is 1. The van der Waals surface area contributed by atoms with Crippen LogP contribution in [0.25, 0.3) is 0 Å². The van der Waals surface area contributed by atoms with Gasteiger partial charge in [-0.1, -0.05) is 66.7 Å². The fraction of sp³-hybridized carbons (Fsp3) is 0.0500. The number of carbonyl (C=O) groups is 1. The first kappa shape index (κ1) is 16.4. The second-order valence-electron chi connectivity index (χ2n) is 5.53. The van der Waals surface area contributed by atoms with Crippen LogP contribution in [0.3, 0.4) is 0 Å².